The molecule has 2 heterocycles. The summed E-state index contributed by atoms with van der Waals surface area (Å²) < 4.78 is 5.36. The van der Waals surface area contributed by atoms with E-state index in [9.17, 15) is 0 Å². The number of hydrogen-bond acceptors (Lipinski definition) is 4. The molecule has 0 radical (unpaired) electrons. The van der Waals surface area contributed by atoms with Crippen molar-refractivity contribution < 1.29 is 4.74 Å². The van der Waals surface area contributed by atoms with Gasteiger partial charge in [-0.25, -0.2) is 5.01 Å². The molecule has 4 heteroatoms. The van der Waals surface area contributed by atoms with Gasteiger partial charge in [-0.15, -0.1) is 0 Å². The second kappa shape index (κ2) is 3.06. The highest BCUT2D eigenvalue weighted by molar-refractivity contribution is 4.81. The molecule has 4 nitrogen and oxygen atoms in total. The fourth-order valence-electron chi connectivity index (χ4n) is 1.77. The fraction of sp³-hybridized carbons (Fsp3) is 1.00. The van der Waals surface area contributed by atoms with Crippen molar-refractivity contribution in [1.29, 1.82) is 0 Å². The van der Waals surface area contributed by atoms with Crippen LogP contribution in [0.3, 0.4) is 0 Å². The van der Waals surface area contributed by atoms with Gasteiger partial charge in [0.2, 0.25) is 0 Å². The van der Waals surface area contributed by atoms with E-state index in [0.717, 1.165) is 39.4 Å². The summed E-state index contributed by atoms with van der Waals surface area (Å²) in [5.74, 6) is 5.69. The lowest BCUT2D eigenvalue weighted by Gasteiger charge is -2.42. The van der Waals surface area contributed by atoms with Crippen LogP contribution in [0.2, 0.25) is 0 Å². The topological polar surface area (TPSA) is 41.7 Å². The summed E-state index contributed by atoms with van der Waals surface area (Å²) in [5.41, 5.74) is 0. The van der Waals surface area contributed by atoms with E-state index in [1.54, 1.807) is 0 Å². The van der Waals surface area contributed by atoms with Crippen molar-refractivity contribution in [3.63, 3.8) is 0 Å². The zero-order chi connectivity index (χ0) is 7.68. The SMILES string of the molecule is NN1CCN2CCOCC2C1. The van der Waals surface area contributed by atoms with E-state index in [0.29, 0.717) is 6.04 Å². The molecular weight excluding hydrogens is 142 g/mol. The fourth-order valence-corrected chi connectivity index (χ4v) is 1.77. The minimum absolute atomic E-state index is 0.544. The molecule has 0 aromatic rings. The molecule has 2 N–H and O–H groups in total. The monoisotopic (exact) mass is 157 g/mol. The standard InChI is InChI=1S/C7H15N3O/c8-10-2-1-9-3-4-11-6-7(9)5-10/h7H,1-6,8H2. The summed E-state index contributed by atoms with van der Waals surface area (Å²) >= 11 is 0. The van der Waals surface area contributed by atoms with Crippen molar-refractivity contribution in [2.45, 2.75) is 6.04 Å². The number of nitrogens with two attached hydrogens (primary N) is 1. The van der Waals surface area contributed by atoms with E-state index >= 15 is 0 Å². The average molecular weight is 157 g/mol. The maximum atomic E-state index is 5.69. The number of nitrogens with zero attached hydrogens (tertiary/aromatic N) is 2. The Morgan fingerprint density at radius 1 is 1.27 bits per heavy atom. The Kier molecular flexibility index (Phi) is 2.09. The lowest BCUT2D eigenvalue weighted by molar-refractivity contribution is -0.0448. The Balaban J connectivity index is 1.93. The first-order valence-electron chi connectivity index (χ1n) is 4.18. The van der Waals surface area contributed by atoms with Crippen molar-refractivity contribution in [3.05, 3.63) is 0 Å². The van der Waals surface area contributed by atoms with Crippen LogP contribution in [0.4, 0.5) is 0 Å². The number of ether oxygens (including phenoxy) is 1. The summed E-state index contributed by atoms with van der Waals surface area (Å²) in [4.78, 5) is 2.47. The molecule has 0 aliphatic carbocycles. The minimum atomic E-state index is 0.544. The highest BCUT2D eigenvalue weighted by Gasteiger charge is 2.27. The molecule has 0 aromatic heterocycles. The predicted molar refractivity (Wildman–Crippen MR) is 41.9 cm³/mol. The Hall–Kier alpha value is -0.160. The van der Waals surface area contributed by atoms with Crippen LogP contribution in [0.25, 0.3) is 0 Å². The summed E-state index contributed by atoms with van der Waals surface area (Å²) in [6.07, 6.45) is 0. The van der Waals surface area contributed by atoms with E-state index in [1.807, 2.05) is 5.01 Å². The third-order valence-electron chi connectivity index (χ3n) is 2.47. The maximum Gasteiger partial charge on any atom is 0.0635 e. The minimum Gasteiger partial charge on any atom is -0.378 e. The molecule has 0 spiro atoms. The third-order valence-corrected chi connectivity index (χ3v) is 2.47. The number of piperazine rings is 1. The van der Waals surface area contributed by atoms with Crippen LogP contribution in [0, 0.1) is 0 Å². The van der Waals surface area contributed by atoms with Crippen molar-refractivity contribution in [2.24, 2.45) is 5.84 Å². The lowest BCUT2D eigenvalue weighted by atomic mass is 10.2. The van der Waals surface area contributed by atoms with Crippen molar-refractivity contribution in [2.75, 3.05) is 39.4 Å². The van der Waals surface area contributed by atoms with Gasteiger partial charge in [0.25, 0.3) is 0 Å². The van der Waals surface area contributed by atoms with Crippen LogP contribution in [0.15, 0.2) is 0 Å². The Bertz CT molecular complexity index is 142. The van der Waals surface area contributed by atoms with E-state index in [2.05, 4.69) is 4.90 Å². The second-order valence-electron chi connectivity index (χ2n) is 3.26. The summed E-state index contributed by atoms with van der Waals surface area (Å²) in [6.45, 7) is 5.88. The van der Waals surface area contributed by atoms with Gasteiger partial charge in [-0.3, -0.25) is 10.7 Å². The van der Waals surface area contributed by atoms with Gasteiger partial charge >= 0.3 is 0 Å². The molecule has 2 fully saturated rings. The summed E-state index contributed by atoms with van der Waals surface area (Å²) in [6, 6.07) is 0.544. The molecule has 11 heavy (non-hydrogen) atoms. The molecule has 0 bridgehead atoms. The molecular formula is C7H15N3O. The van der Waals surface area contributed by atoms with Gasteiger partial charge in [0, 0.05) is 32.2 Å². The Morgan fingerprint density at radius 3 is 3.09 bits per heavy atom. The molecule has 1 atom stereocenters. The van der Waals surface area contributed by atoms with Crippen LogP contribution < -0.4 is 5.84 Å². The average Bonchev–Trinajstić information content (AvgIpc) is 2.04. The van der Waals surface area contributed by atoms with Gasteiger partial charge in [0.05, 0.1) is 13.2 Å². The first-order chi connectivity index (χ1) is 5.36. The van der Waals surface area contributed by atoms with Gasteiger partial charge < -0.3 is 4.74 Å². The van der Waals surface area contributed by atoms with Crippen LogP contribution in [0.5, 0.6) is 0 Å². The zero-order valence-corrected chi connectivity index (χ0v) is 6.70. The van der Waals surface area contributed by atoms with E-state index in [1.165, 1.54) is 0 Å². The van der Waals surface area contributed by atoms with E-state index in [-0.39, 0.29) is 0 Å². The van der Waals surface area contributed by atoms with Gasteiger partial charge in [0.1, 0.15) is 0 Å². The van der Waals surface area contributed by atoms with Crippen molar-refractivity contribution in [1.82, 2.24) is 9.91 Å². The Labute approximate surface area is 66.9 Å². The normalized spacial score (nSPS) is 35.2. The lowest BCUT2D eigenvalue weighted by Crippen LogP contribution is -2.59. The van der Waals surface area contributed by atoms with Gasteiger partial charge in [-0.1, -0.05) is 0 Å². The van der Waals surface area contributed by atoms with Crippen molar-refractivity contribution >= 4 is 0 Å². The Morgan fingerprint density at radius 2 is 2.18 bits per heavy atom. The molecule has 2 rings (SSSR count). The molecule has 2 saturated heterocycles. The summed E-state index contributed by atoms with van der Waals surface area (Å²) in [5, 5.41) is 1.88. The highest BCUT2D eigenvalue weighted by atomic mass is 16.5. The quantitative estimate of drug-likeness (QED) is 0.452. The molecule has 0 aromatic carbocycles. The number of hydrogen-bond donors (Lipinski definition) is 1. The van der Waals surface area contributed by atoms with Crippen LogP contribution in [-0.4, -0.2) is 55.3 Å². The molecule has 64 valence electrons. The van der Waals surface area contributed by atoms with E-state index in [4.69, 9.17) is 10.6 Å². The zero-order valence-electron chi connectivity index (χ0n) is 6.70. The number of morpholine rings is 1. The largest absolute Gasteiger partial charge is 0.378 e. The predicted octanol–water partition coefficient (Wildman–Crippen LogP) is -1.12. The first kappa shape index (κ1) is 7.49. The molecule has 0 saturated carbocycles. The molecule has 0 amide bonds. The van der Waals surface area contributed by atoms with Gasteiger partial charge in [-0.2, -0.15) is 0 Å². The molecule has 2 aliphatic rings. The highest BCUT2D eigenvalue weighted by Crippen LogP contribution is 2.10. The maximum absolute atomic E-state index is 5.69. The van der Waals surface area contributed by atoms with Gasteiger partial charge in [-0.05, 0) is 0 Å². The molecule has 1 unspecified atom stereocenters. The van der Waals surface area contributed by atoms with Gasteiger partial charge in [0.15, 0.2) is 0 Å². The first-order valence-corrected chi connectivity index (χ1v) is 4.18. The molecule has 2 aliphatic heterocycles. The second-order valence-corrected chi connectivity index (χ2v) is 3.26. The van der Waals surface area contributed by atoms with Crippen molar-refractivity contribution in [3.8, 4) is 0 Å². The van der Waals surface area contributed by atoms with Crippen LogP contribution >= 0.6 is 0 Å². The number of rotatable bonds is 0. The van der Waals surface area contributed by atoms with E-state index < -0.39 is 0 Å². The summed E-state index contributed by atoms with van der Waals surface area (Å²) in [7, 11) is 0. The van der Waals surface area contributed by atoms with Crippen LogP contribution in [0.1, 0.15) is 0 Å². The van der Waals surface area contributed by atoms with Crippen LogP contribution in [-0.2, 0) is 4.74 Å². The smallest absolute Gasteiger partial charge is 0.0635 e. The number of fused-ring (bicyclic) bond motifs is 1. The number of hydrazine groups is 1. The third kappa shape index (κ3) is 1.54.